The largest absolute Gasteiger partial charge is 0.381 e. The predicted octanol–water partition coefficient (Wildman–Crippen LogP) is 2.53. The number of benzene rings is 1. The molecule has 116 valence electrons. The van der Waals surface area contributed by atoms with Crippen LogP contribution >= 0.6 is 0 Å². The molecule has 0 unspecified atom stereocenters. The zero-order chi connectivity index (χ0) is 15.4. The number of hydrogen-bond donors (Lipinski definition) is 2. The van der Waals surface area contributed by atoms with Gasteiger partial charge in [0.2, 0.25) is 5.91 Å². The predicted molar refractivity (Wildman–Crippen MR) is 85.1 cm³/mol. The molecule has 0 spiro atoms. The molecule has 1 saturated heterocycles. The molecular formula is C16H20N4O2. The van der Waals surface area contributed by atoms with Crippen LogP contribution in [-0.2, 0) is 16.6 Å². The van der Waals surface area contributed by atoms with Gasteiger partial charge in [-0.15, -0.1) is 0 Å². The van der Waals surface area contributed by atoms with Crippen molar-refractivity contribution in [2.45, 2.75) is 12.8 Å². The summed E-state index contributed by atoms with van der Waals surface area (Å²) in [5.74, 6) is 0.380. The van der Waals surface area contributed by atoms with Gasteiger partial charge < -0.3 is 15.4 Å². The second-order valence-corrected chi connectivity index (χ2v) is 5.59. The molecule has 2 N–H and O–H groups in total. The molecule has 1 amide bonds. The third-order valence-corrected chi connectivity index (χ3v) is 3.64. The van der Waals surface area contributed by atoms with Crippen molar-refractivity contribution in [3.8, 4) is 0 Å². The molecule has 1 aromatic heterocycles. The first kappa shape index (κ1) is 14.6. The van der Waals surface area contributed by atoms with Crippen molar-refractivity contribution >= 4 is 23.0 Å². The molecule has 1 atom stereocenters. The van der Waals surface area contributed by atoms with Crippen LogP contribution in [0.25, 0.3) is 0 Å². The molecular weight excluding hydrogens is 280 g/mol. The average Bonchev–Trinajstić information content (AvgIpc) is 3.11. The Morgan fingerprint density at radius 2 is 2.27 bits per heavy atom. The number of hydrogen-bond acceptors (Lipinski definition) is 4. The highest BCUT2D eigenvalue weighted by Gasteiger charge is 2.19. The Morgan fingerprint density at radius 1 is 1.41 bits per heavy atom. The highest BCUT2D eigenvalue weighted by Crippen LogP contribution is 2.21. The quantitative estimate of drug-likeness (QED) is 0.890. The molecule has 6 nitrogen and oxygen atoms in total. The van der Waals surface area contributed by atoms with Gasteiger partial charge in [-0.2, -0.15) is 5.10 Å². The van der Waals surface area contributed by atoms with Gasteiger partial charge in [0.05, 0.1) is 11.9 Å². The van der Waals surface area contributed by atoms with E-state index in [9.17, 15) is 4.79 Å². The first-order valence-electron chi connectivity index (χ1n) is 7.42. The highest BCUT2D eigenvalue weighted by atomic mass is 16.5. The van der Waals surface area contributed by atoms with E-state index in [4.69, 9.17) is 4.74 Å². The number of anilines is 3. The molecule has 2 heterocycles. The van der Waals surface area contributed by atoms with Crippen molar-refractivity contribution < 1.29 is 9.53 Å². The summed E-state index contributed by atoms with van der Waals surface area (Å²) in [7, 11) is 1.87. The van der Waals surface area contributed by atoms with Gasteiger partial charge in [0, 0.05) is 44.3 Å². The van der Waals surface area contributed by atoms with E-state index < -0.39 is 0 Å². The Labute approximate surface area is 129 Å². The van der Waals surface area contributed by atoms with Crippen molar-refractivity contribution in [2.24, 2.45) is 13.0 Å². The Hall–Kier alpha value is -2.34. The fourth-order valence-corrected chi connectivity index (χ4v) is 2.55. The van der Waals surface area contributed by atoms with Crippen LogP contribution in [0.4, 0.5) is 17.1 Å². The zero-order valence-electron chi connectivity index (χ0n) is 12.6. The molecule has 22 heavy (non-hydrogen) atoms. The molecule has 6 heteroatoms. The summed E-state index contributed by atoms with van der Waals surface area (Å²) in [5, 5.41) is 10.3. The van der Waals surface area contributed by atoms with E-state index >= 15 is 0 Å². The van der Waals surface area contributed by atoms with Gasteiger partial charge in [0.15, 0.2) is 0 Å². The van der Waals surface area contributed by atoms with Gasteiger partial charge in [-0.3, -0.25) is 9.48 Å². The van der Waals surface area contributed by atoms with Gasteiger partial charge in [-0.1, -0.05) is 6.07 Å². The fourth-order valence-electron chi connectivity index (χ4n) is 2.55. The normalized spacial score (nSPS) is 17.4. The summed E-state index contributed by atoms with van der Waals surface area (Å²) in [6.07, 6.45) is 5.13. The smallest absolute Gasteiger partial charge is 0.224 e. The number of ether oxygens (including phenoxy) is 1. The van der Waals surface area contributed by atoms with Gasteiger partial charge >= 0.3 is 0 Å². The summed E-state index contributed by atoms with van der Waals surface area (Å²) >= 11 is 0. The maximum Gasteiger partial charge on any atom is 0.224 e. The minimum absolute atomic E-state index is 0.0361. The van der Waals surface area contributed by atoms with Crippen molar-refractivity contribution in [3.63, 3.8) is 0 Å². The Morgan fingerprint density at radius 3 is 3.00 bits per heavy atom. The Kier molecular flexibility index (Phi) is 4.39. The van der Waals surface area contributed by atoms with E-state index in [1.165, 1.54) is 0 Å². The van der Waals surface area contributed by atoms with Gasteiger partial charge in [-0.05, 0) is 30.5 Å². The first-order valence-corrected chi connectivity index (χ1v) is 7.42. The average molecular weight is 300 g/mol. The number of aryl methyl sites for hydroxylation is 1. The molecule has 2 aromatic rings. The second-order valence-electron chi connectivity index (χ2n) is 5.59. The lowest BCUT2D eigenvalue weighted by molar-refractivity contribution is -0.117. The molecule has 1 aromatic carbocycles. The van der Waals surface area contributed by atoms with E-state index in [1.807, 2.05) is 37.5 Å². The van der Waals surface area contributed by atoms with Crippen LogP contribution in [0.2, 0.25) is 0 Å². The number of nitrogens with one attached hydrogen (secondary N) is 2. The summed E-state index contributed by atoms with van der Waals surface area (Å²) in [6.45, 7) is 1.46. The van der Waals surface area contributed by atoms with Crippen LogP contribution in [0.5, 0.6) is 0 Å². The number of nitrogens with zero attached hydrogens (tertiary/aromatic N) is 2. The minimum atomic E-state index is 0.0361. The van der Waals surface area contributed by atoms with E-state index in [0.717, 1.165) is 30.1 Å². The van der Waals surface area contributed by atoms with E-state index in [-0.39, 0.29) is 5.91 Å². The summed E-state index contributed by atoms with van der Waals surface area (Å²) < 4.78 is 7.03. The van der Waals surface area contributed by atoms with Crippen molar-refractivity contribution in [1.82, 2.24) is 9.78 Å². The molecule has 0 saturated carbocycles. The van der Waals surface area contributed by atoms with Crippen LogP contribution in [0.3, 0.4) is 0 Å². The lowest BCUT2D eigenvalue weighted by Gasteiger charge is -2.10. The number of amides is 1. The van der Waals surface area contributed by atoms with Gasteiger partial charge in [0.1, 0.15) is 0 Å². The van der Waals surface area contributed by atoms with E-state index in [1.54, 1.807) is 10.9 Å². The third-order valence-electron chi connectivity index (χ3n) is 3.64. The number of carbonyl (C=O) groups excluding carboxylic acids is 1. The fraction of sp³-hybridized carbons (Fsp3) is 0.375. The second kappa shape index (κ2) is 6.62. The maximum absolute atomic E-state index is 12.0. The van der Waals surface area contributed by atoms with E-state index in [0.29, 0.717) is 18.9 Å². The minimum Gasteiger partial charge on any atom is -0.381 e. The molecule has 0 radical (unpaired) electrons. The lowest BCUT2D eigenvalue weighted by atomic mass is 10.0. The van der Waals surface area contributed by atoms with Crippen LogP contribution < -0.4 is 10.6 Å². The van der Waals surface area contributed by atoms with Crippen molar-refractivity contribution in [3.05, 3.63) is 36.7 Å². The molecule has 1 aliphatic rings. The topological polar surface area (TPSA) is 68.2 Å². The highest BCUT2D eigenvalue weighted by molar-refractivity contribution is 5.91. The molecule has 1 fully saturated rings. The lowest BCUT2D eigenvalue weighted by Crippen LogP contribution is -2.16. The number of carbonyl (C=O) groups is 1. The van der Waals surface area contributed by atoms with Gasteiger partial charge in [-0.25, -0.2) is 0 Å². The Bertz CT molecular complexity index is 647. The molecule has 0 aliphatic carbocycles. The first-order chi connectivity index (χ1) is 10.7. The molecule has 3 rings (SSSR count). The summed E-state index contributed by atoms with van der Waals surface area (Å²) in [4.78, 5) is 12.0. The van der Waals surface area contributed by atoms with Crippen LogP contribution in [0.1, 0.15) is 12.8 Å². The standard InChI is InChI=1S/C16H20N4O2/c1-20-10-15(9-17-20)18-13-3-2-4-14(8-13)19-16(21)7-12-5-6-22-11-12/h2-4,8-10,12,18H,5-7,11H2,1H3,(H,19,21)/t12-/m1/s1. The Balaban J connectivity index is 1.59. The zero-order valence-corrected chi connectivity index (χ0v) is 12.6. The molecule has 0 bridgehead atoms. The van der Waals surface area contributed by atoms with Crippen LogP contribution in [0.15, 0.2) is 36.7 Å². The molecule has 1 aliphatic heterocycles. The SMILES string of the molecule is Cn1cc(Nc2cccc(NC(=O)C[C@H]3CCOC3)c2)cn1. The van der Waals surface area contributed by atoms with Crippen LogP contribution in [0, 0.1) is 5.92 Å². The third kappa shape index (κ3) is 3.85. The van der Waals surface area contributed by atoms with Crippen molar-refractivity contribution in [2.75, 3.05) is 23.8 Å². The van der Waals surface area contributed by atoms with Crippen molar-refractivity contribution in [1.29, 1.82) is 0 Å². The van der Waals surface area contributed by atoms with Gasteiger partial charge in [0.25, 0.3) is 0 Å². The number of rotatable bonds is 5. The summed E-state index contributed by atoms with van der Waals surface area (Å²) in [5.41, 5.74) is 2.61. The maximum atomic E-state index is 12.0. The summed E-state index contributed by atoms with van der Waals surface area (Å²) in [6, 6.07) is 7.66. The van der Waals surface area contributed by atoms with E-state index in [2.05, 4.69) is 15.7 Å². The van der Waals surface area contributed by atoms with Crippen LogP contribution in [-0.4, -0.2) is 28.9 Å². The number of aromatic nitrogens is 2. The monoisotopic (exact) mass is 300 g/mol.